The van der Waals surface area contributed by atoms with Gasteiger partial charge in [-0.1, -0.05) is 6.08 Å². The molecule has 0 spiro atoms. The second-order valence-electron chi connectivity index (χ2n) is 3.64. The first kappa shape index (κ1) is 12.7. The summed E-state index contributed by atoms with van der Waals surface area (Å²) < 4.78 is 4.48. The molecule has 0 rings (SSSR count). The molecule has 1 N–H and O–H groups in total. The molecule has 0 aliphatic heterocycles. The van der Waals surface area contributed by atoms with Crippen LogP contribution in [-0.2, 0) is 14.3 Å². The van der Waals surface area contributed by atoms with Crippen molar-refractivity contribution < 1.29 is 14.3 Å². The summed E-state index contributed by atoms with van der Waals surface area (Å²) >= 11 is 0. The molecule has 4 heteroatoms. The zero-order valence-corrected chi connectivity index (χ0v) is 9.09. The number of nitrogens with one attached hydrogen (secondary N) is 1. The van der Waals surface area contributed by atoms with Crippen molar-refractivity contribution in [3.63, 3.8) is 0 Å². The molecular formula is C10H17NO3. The molecule has 1 amide bonds. The molecule has 0 heterocycles. The van der Waals surface area contributed by atoms with E-state index in [2.05, 4.69) is 16.6 Å². The Morgan fingerprint density at radius 3 is 2.36 bits per heavy atom. The molecule has 0 saturated heterocycles. The average Bonchev–Trinajstić information content (AvgIpc) is 2.16. The van der Waals surface area contributed by atoms with Crippen molar-refractivity contribution in [1.29, 1.82) is 0 Å². The summed E-state index contributed by atoms with van der Waals surface area (Å²) in [6.45, 7) is 8.56. The van der Waals surface area contributed by atoms with Crippen molar-refractivity contribution in [2.75, 3.05) is 7.11 Å². The Hall–Kier alpha value is -1.32. The van der Waals surface area contributed by atoms with Crippen molar-refractivity contribution in [3.05, 3.63) is 12.7 Å². The Kier molecular flexibility index (Phi) is 4.34. The van der Waals surface area contributed by atoms with E-state index in [4.69, 9.17) is 0 Å². The Bertz CT molecular complexity index is 246. The molecule has 0 aromatic rings. The quantitative estimate of drug-likeness (QED) is 0.540. The second-order valence-corrected chi connectivity index (χ2v) is 3.64. The number of carbonyl (C=O) groups excluding carboxylic acids is 2. The van der Waals surface area contributed by atoms with Crippen LogP contribution in [0.2, 0.25) is 0 Å². The molecule has 0 aliphatic carbocycles. The van der Waals surface area contributed by atoms with Crippen LogP contribution in [0, 0.1) is 5.41 Å². The lowest BCUT2D eigenvalue weighted by molar-refractivity contribution is -0.145. The average molecular weight is 199 g/mol. The van der Waals surface area contributed by atoms with Gasteiger partial charge in [-0.2, -0.15) is 0 Å². The summed E-state index contributed by atoms with van der Waals surface area (Å²) in [5.41, 5.74) is -0.678. The van der Waals surface area contributed by atoms with Crippen LogP contribution in [-0.4, -0.2) is 25.0 Å². The zero-order chi connectivity index (χ0) is 11.4. The highest BCUT2D eigenvalue weighted by Gasteiger charge is 2.26. The molecule has 1 unspecified atom stereocenters. The molecule has 0 radical (unpaired) electrons. The number of esters is 1. The van der Waals surface area contributed by atoms with Gasteiger partial charge in [0.15, 0.2) is 0 Å². The van der Waals surface area contributed by atoms with E-state index in [1.807, 2.05) is 0 Å². The maximum Gasteiger partial charge on any atom is 0.328 e. The number of amides is 1. The van der Waals surface area contributed by atoms with Crippen molar-refractivity contribution >= 4 is 11.9 Å². The summed E-state index contributed by atoms with van der Waals surface area (Å²) in [6.07, 6.45) is 1.53. The number of rotatable bonds is 4. The predicted octanol–water partition coefficient (Wildman–Crippen LogP) is 0.876. The summed E-state index contributed by atoms with van der Waals surface area (Å²) in [7, 11) is 1.28. The molecule has 0 aromatic carbocycles. The number of ether oxygens (including phenoxy) is 1. The van der Waals surface area contributed by atoms with E-state index in [1.54, 1.807) is 20.8 Å². The van der Waals surface area contributed by atoms with Gasteiger partial charge in [0.25, 0.3) is 0 Å². The molecule has 0 bridgehead atoms. The van der Waals surface area contributed by atoms with Crippen LogP contribution in [0.3, 0.4) is 0 Å². The fourth-order valence-electron chi connectivity index (χ4n) is 0.711. The minimum absolute atomic E-state index is 0.245. The highest BCUT2D eigenvalue weighted by Crippen LogP contribution is 2.15. The maximum atomic E-state index is 11.5. The topological polar surface area (TPSA) is 55.4 Å². The number of hydrogen-bond donors (Lipinski definition) is 1. The van der Waals surface area contributed by atoms with E-state index in [-0.39, 0.29) is 5.91 Å². The van der Waals surface area contributed by atoms with E-state index < -0.39 is 17.4 Å². The van der Waals surface area contributed by atoms with E-state index in [0.29, 0.717) is 0 Å². The molecule has 0 saturated carbocycles. The summed E-state index contributed by atoms with van der Waals surface area (Å²) in [5.74, 6) is -0.705. The third kappa shape index (κ3) is 3.20. The van der Waals surface area contributed by atoms with Gasteiger partial charge in [0, 0.05) is 0 Å². The van der Waals surface area contributed by atoms with Crippen LogP contribution in [0.15, 0.2) is 12.7 Å². The van der Waals surface area contributed by atoms with E-state index in [0.717, 1.165) is 0 Å². The van der Waals surface area contributed by atoms with Crippen LogP contribution in [0.5, 0.6) is 0 Å². The highest BCUT2D eigenvalue weighted by atomic mass is 16.5. The van der Waals surface area contributed by atoms with Crippen LogP contribution < -0.4 is 5.32 Å². The summed E-state index contributed by atoms with van der Waals surface area (Å²) in [5, 5.41) is 2.54. The van der Waals surface area contributed by atoms with Crippen molar-refractivity contribution in [2.24, 2.45) is 5.41 Å². The minimum atomic E-state index is -0.678. The Labute approximate surface area is 84.3 Å². The maximum absolute atomic E-state index is 11.5. The smallest absolute Gasteiger partial charge is 0.328 e. The molecule has 80 valence electrons. The Morgan fingerprint density at radius 1 is 1.50 bits per heavy atom. The predicted molar refractivity (Wildman–Crippen MR) is 53.6 cm³/mol. The van der Waals surface area contributed by atoms with Crippen LogP contribution in [0.4, 0.5) is 0 Å². The Morgan fingerprint density at radius 2 is 2.00 bits per heavy atom. The first-order valence-corrected chi connectivity index (χ1v) is 4.37. The largest absolute Gasteiger partial charge is 0.467 e. The lowest BCUT2D eigenvalue weighted by atomic mass is 9.92. The fourth-order valence-corrected chi connectivity index (χ4v) is 0.711. The molecule has 0 fully saturated rings. The van der Waals surface area contributed by atoms with Gasteiger partial charge in [-0.15, -0.1) is 6.58 Å². The van der Waals surface area contributed by atoms with E-state index >= 15 is 0 Å². The van der Waals surface area contributed by atoms with Crippen LogP contribution in [0.1, 0.15) is 20.8 Å². The number of hydrogen-bond acceptors (Lipinski definition) is 3. The first-order chi connectivity index (χ1) is 6.35. The van der Waals surface area contributed by atoms with Gasteiger partial charge < -0.3 is 10.1 Å². The molecule has 0 aromatic heterocycles. The molecular weight excluding hydrogens is 182 g/mol. The highest BCUT2D eigenvalue weighted by molar-refractivity contribution is 5.88. The van der Waals surface area contributed by atoms with Gasteiger partial charge in [0.2, 0.25) is 5.91 Å². The van der Waals surface area contributed by atoms with Crippen molar-refractivity contribution in [2.45, 2.75) is 26.8 Å². The van der Waals surface area contributed by atoms with Gasteiger partial charge in [-0.3, -0.25) is 4.79 Å². The molecule has 4 nitrogen and oxygen atoms in total. The molecule has 1 atom stereocenters. The molecule has 14 heavy (non-hydrogen) atoms. The van der Waals surface area contributed by atoms with E-state index in [9.17, 15) is 9.59 Å². The van der Waals surface area contributed by atoms with Gasteiger partial charge in [0.1, 0.15) is 6.04 Å². The standard InChI is InChI=1S/C10H17NO3/c1-6-10(3,4)9(13)11-7(2)8(12)14-5/h6-7H,1H2,2-5H3,(H,11,13). The van der Waals surface area contributed by atoms with Crippen molar-refractivity contribution in [3.8, 4) is 0 Å². The van der Waals surface area contributed by atoms with Crippen LogP contribution in [0.25, 0.3) is 0 Å². The number of methoxy groups -OCH3 is 1. The normalized spacial score (nSPS) is 12.9. The minimum Gasteiger partial charge on any atom is -0.467 e. The number of carbonyl (C=O) groups is 2. The fraction of sp³-hybridized carbons (Fsp3) is 0.600. The second kappa shape index (κ2) is 4.79. The van der Waals surface area contributed by atoms with Gasteiger partial charge in [-0.05, 0) is 20.8 Å². The summed E-state index contributed by atoms with van der Waals surface area (Å²) in [4.78, 5) is 22.5. The molecule has 0 aliphatic rings. The lowest BCUT2D eigenvalue weighted by Gasteiger charge is -2.21. The zero-order valence-electron chi connectivity index (χ0n) is 9.09. The van der Waals surface area contributed by atoms with Crippen molar-refractivity contribution in [1.82, 2.24) is 5.32 Å². The van der Waals surface area contributed by atoms with E-state index in [1.165, 1.54) is 13.2 Å². The third-order valence-electron chi connectivity index (χ3n) is 2.00. The van der Waals surface area contributed by atoms with Crippen LogP contribution >= 0.6 is 0 Å². The van der Waals surface area contributed by atoms with Gasteiger partial charge in [-0.25, -0.2) is 4.79 Å². The van der Waals surface area contributed by atoms with Gasteiger partial charge >= 0.3 is 5.97 Å². The lowest BCUT2D eigenvalue weighted by Crippen LogP contribution is -2.44. The summed E-state index contributed by atoms with van der Waals surface area (Å²) in [6, 6.07) is -0.633. The first-order valence-electron chi connectivity index (χ1n) is 4.37. The third-order valence-corrected chi connectivity index (χ3v) is 2.00. The monoisotopic (exact) mass is 199 g/mol. The SMILES string of the molecule is C=CC(C)(C)C(=O)NC(C)C(=O)OC. The van der Waals surface area contributed by atoms with Gasteiger partial charge in [0.05, 0.1) is 12.5 Å². The Balaban J connectivity index is 4.33.